The minimum Gasteiger partial charge on any atom is -0.492 e. The highest BCUT2D eigenvalue weighted by Crippen LogP contribution is 2.50. The summed E-state index contributed by atoms with van der Waals surface area (Å²) in [5, 5.41) is 7.88. The second-order valence-electron chi connectivity index (χ2n) is 8.95. The zero-order valence-corrected chi connectivity index (χ0v) is 21.3. The summed E-state index contributed by atoms with van der Waals surface area (Å²) >= 11 is 0. The lowest BCUT2D eigenvalue weighted by atomic mass is 10.3. The van der Waals surface area contributed by atoms with Crippen molar-refractivity contribution in [1.29, 1.82) is 0 Å². The predicted octanol–water partition coefficient (Wildman–Crippen LogP) is 1.95. The Morgan fingerprint density at radius 3 is 2.17 bits per heavy atom. The van der Waals surface area contributed by atoms with Gasteiger partial charge in [-0.05, 0) is 40.5 Å². The van der Waals surface area contributed by atoms with Gasteiger partial charge in [-0.3, -0.25) is 4.57 Å². The molecule has 1 unspecified atom stereocenters. The summed E-state index contributed by atoms with van der Waals surface area (Å²) in [5.41, 5.74) is 4.95. The van der Waals surface area contributed by atoms with E-state index in [1.165, 1.54) is 6.33 Å². The van der Waals surface area contributed by atoms with Gasteiger partial charge in [0, 0.05) is 0 Å². The molecule has 3 rings (SSSR count). The first-order chi connectivity index (χ1) is 16.8. The van der Waals surface area contributed by atoms with Crippen LogP contribution in [0.15, 0.2) is 6.33 Å². The summed E-state index contributed by atoms with van der Waals surface area (Å²) in [6, 6.07) is 0. The number of carbonyl (C=O) groups is 2. The average Bonchev–Trinajstić information content (AvgIpc) is 3.39. The Labute approximate surface area is 206 Å². The van der Waals surface area contributed by atoms with E-state index >= 15 is 0 Å². The molecular formula is C20H30N5O10P. The van der Waals surface area contributed by atoms with E-state index in [0.717, 1.165) is 0 Å². The van der Waals surface area contributed by atoms with Crippen molar-refractivity contribution in [1.82, 2.24) is 19.5 Å². The van der Waals surface area contributed by atoms with Crippen LogP contribution in [0.3, 0.4) is 0 Å². The lowest BCUT2D eigenvalue weighted by Gasteiger charge is -2.34. The molecule has 36 heavy (non-hydrogen) atoms. The molecule has 1 aliphatic carbocycles. The molecule has 0 bridgehead atoms. The van der Waals surface area contributed by atoms with Gasteiger partial charge >= 0.3 is 12.3 Å². The second-order valence-corrected chi connectivity index (χ2v) is 10.5. The number of hydrogen-bond acceptors (Lipinski definition) is 13. The van der Waals surface area contributed by atoms with Crippen LogP contribution in [0, 0.1) is 0 Å². The maximum atomic E-state index is 12.6. The summed E-state index contributed by atoms with van der Waals surface area (Å²) in [4.78, 5) is 46.1. The zero-order valence-electron chi connectivity index (χ0n) is 20.3. The van der Waals surface area contributed by atoms with Crippen molar-refractivity contribution in [3.05, 3.63) is 6.33 Å². The van der Waals surface area contributed by atoms with Crippen LogP contribution in [0.5, 0.6) is 5.88 Å². The van der Waals surface area contributed by atoms with E-state index in [4.69, 9.17) is 29.4 Å². The highest BCUT2D eigenvalue weighted by molar-refractivity contribution is 7.39. The molecule has 1 fully saturated rings. The SMILES string of the molecule is CC(C)OC(=O)OCC(COC(=O)OC(C)C)(OC1(Cn2cnc3c(O)nc(N)nc32)CC1)[PH](=O)O. The summed E-state index contributed by atoms with van der Waals surface area (Å²) in [5.74, 6) is -0.567. The number of ether oxygens (including phenoxy) is 5. The summed E-state index contributed by atoms with van der Waals surface area (Å²) in [6.07, 6.45) is -0.874. The van der Waals surface area contributed by atoms with E-state index in [0.29, 0.717) is 12.8 Å². The molecule has 16 heteroatoms. The Bertz CT molecular complexity index is 1110. The van der Waals surface area contributed by atoms with Crippen LogP contribution in [0.2, 0.25) is 0 Å². The van der Waals surface area contributed by atoms with Crippen LogP contribution in [0.25, 0.3) is 11.2 Å². The molecule has 2 heterocycles. The largest absolute Gasteiger partial charge is 0.508 e. The third-order valence-corrected chi connectivity index (χ3v) is 6.21. The number of fused-ring (bicyclic) bond motifs is 1. The molecule has 0 saturated heterocycles. The molecule has 15 nitrogen and oxygen atoms in total. The van der Waals surface area contributed by atoms with Gasteiger partial charge in [0.25, 0.3) is 0 Å². The van der Waals surface area contributed by atoms with Gasteiger partial charge in [-0.15, -0.1) is 0 Å². The van der Waals surface area contributed by atoms with Gasteiger partial charge in [0.1, 0.15) is 13.2 Å². The number of nitrogens with two attached hydrogens (primary N) is 1. The van der Waals surface area contributed by atoms with Crippen LogP contribution in [-0.4, -0.2) is 78.2 Å². The van der Waals surface area contributed by atoms with Crippen molar-refractivity contribution in [3.8, 4) is 5.88 Å². The molecule has 0 spiro atoms. The van der Waals surface area contributed by atoms with Crippen LogP contribution < -0.4 is 5.73 Å². The quantitative estimate of drug-likeness (QED) is 0.280. The summed E-state index contributed by atoms with van der Waals surface area (Å²) in [7, 11) is -3.65. The van der Waals surface area contributed by atoms with E-state index in [2.05, 4.69) is 15.0 Å². The Morgan fingerprint density at radius 1 is 1.14 bits per heavy atom. The first-order valence-electron chi connectivity index (χ1n) is 11.1. The minimum absolute atomic E-state index is 0.0865. The van der Waals surface area contributed by atoms with Crippen molar-refractivity contribution >= 4 is 37.5 Å². The molecule has 4 N–H and O–H groups in total. The van der Waals surface area contributed by atoms with E-state index in [9.17, 15) is 24.2 Å². The molecule has 0 radical (unpaired) electrons. The lowest BCUT2D eigenvalue weighted by Crippen LogP contribution is -2.45. The summed E-state index contributed by atoms with van der Waals surface area (Å²) in [6.45, 7) is 5.04. The molecule has 1 atom stereocenters. The number of rotatable bonds is 11. The van der Waals surface area contributed by atoms with Gasteiger partial charge < -0.3 is 44.0 Å². The molecular weight excluding hydrogens is 501 g/mol. The highest BCUT2D eigenvalue weighted by Gasteiger charge is 2.54. The number of imidazole rings is 1. The fraction of sp³-hybridized carbons (Fsp3) is 0.650. The molecule has 1 saturated carbocycles. The molecule has 0 aromatic carbocycles. The number of nitrogen functional groups attached to an aromatic ring is 1. The number of aromatic nitrogens is 4. The molecule has 2 aromatic rings. The third-order valence-electron chi connectivity index (χ3n) is 5.04. The predicted molar refractivity (Wildman–Crippen MR) is 124 cm³/mol. The maximum Gasteiger partial charge on any atom is 0.508 e. The normalized spacial score (nSPS) is 15.6. The van der Waals surface area contributed by atoms with Crippen molar-refractivity contribution < 1.29 is 47.8 Å². The van der Waals surface area contributed by atoms with Gasteiger partial charge in [0.2, 0.25) is 25.2 Å². The number of carbonyl (C=O) groups excluding carboxylic acids is 2. The standard InChI is InChI=1S/C20H30N5O10P/c1-11(2)33-17(27)31-8-20(36(29)30,9-32-18(28)34-12(3)4)35-19(5-6-19)7-25-10-22-13-14(25)23-16(21)24-15(13)26/h10-12,36H,5-9H2,1-4H3,(H,29,30)(H3,21,23,24,26). The Balaban J connectivity index is 1.85. The Kier molecular flexibility index (Phi) is 8.26. The van der Waals surface area contributed by atoms with E-state index < -0.39 is 62.6 Å². The highest BCUT2D eigenvalue weighted by atomic mass is 31.1. The third kappa shape index (κ3) is 6.74. The average molecular weight is 531 g/mol. The minimum atomic E-state index is -3.65. The van der Waals surface area contributed by atoms with E-state index in [1.807, 2.05) is 0 Å². The van der Waals surface area contributed by atoms with Gasteiger partial charge in [0.05, 0.1) is 30.7 Å². The first-order valence-corrected chi connectivity index (χ1v) is 12.5. The molecule has 1 aliphatic rings. The van der Waals surface area contributed by atoms with Gasteiger partial charge in [-0.1, -0.05) is 0 Å². The fourth-order valence-electron chi connectivity index (χ4n) is 3.29. The number of anilines is 1. The molecule has 2 aromatic heterocycles. The van der Waals surface area contributed by atoms with Gasteiger partial charge in [-0.2, -0.15) is 9.97 Å². The zero-order chi connectivity index (χ0) is 26.7. The monoisotopic (exact) mass is 531 g/mol. The fourth-order valence-corrected chi connectivity index (χ4v) is 3.98. The van der Waals surface area contributed by atoms with Crippen molar-refractivity contribution in [2.75, 3.05) is 18.9 Å². The molecule has 0 amide bonds. The van der Waals surface area contributed by atoms with E-state index in [-0.39, 0.29) is 23.7 Å². The Morgan fingerprint density at radius 2 is 1.69 bits per heavy atom. The summed E-state index contributed by atoms with van der Waals surface area (Å²) < 4.78 is 40.2. The van der Waals surface area contributed by atoms with Gasteiger partial charge in [0.15, 0.2) is 11.2 Å². The van der Waals surface area contributed by atoms with Crippen molar-refractivity contribution in [2.45, 2.75) is 70.2 Å². The van der Waals surface area contributed by atoms with Crippen LogP contribution >= 0.6 is 8.03 Å². The first kappa shape index (κ1) is 27.4. The maximum absolute atomic E-state index is 12.6. The van der Waals surface area contributed by atoms with Gasteiger partial charge in [-0.25, -0.2) is 14.6 Å². The second kappa shape index (κ2) is 10.8. The smallest absolute Gasteiger partial charge is 0.492 e. The molecule has 200 valence electrons. The van der Waals surface area contributed by atoms with Crippen LogP contribution in [-0.2, 0) is 34.8 Å². The van der Waals surface area contributed by atoms with Crippen LogP contribution in [0.1, 0.15) is 40.5 Å². The number of nitrogens with zero attached hydrogens (tertiary/aromatic N) is 4. The Hall–Kier alpha value is -3.16. The molecule has 0 aliphatic heterocycles. The van der Waals surface area contributed by atoms with Crippen molar-refractivity contribution in [3.63, 3.8) is 0 Å². The number of aromatic hydroxyl groups is 1. The van der Waals surface area contributed by atoms with E-state index in [1.54, 1.807) is 32.3 Å². The lowest BCUT2D eigenvalue weighted by molar-refractivity contribution is -0.126. The van der Waals surface area contributed by atoms with Crippen molar-refractivity contribution in [2.24, 2.45) is 0 Å². The topological polar surface area (TPSA) is 207 Å². The number of hydrogen-bond donors (Lipinski definition) is 3. The van der Waals surface area contributed by atoms with Crippen LogP contribution in [0.4, 0.5) is 15.5 Å².